The second kappa shape index (κ2) is 5.71. The molecule has 0 bridgehead atoms. The standard InChI is InChI=1S/C13H18FNO2S/c1-8-6-10(14)5-4-9(8)7-18-13(2,3)11(15)12(16)17/h4-6,11H,7,15H2,1-3H3,(H,16,17)/t11-/m0/s1. The van der Waals surface area contributed by atoms with Gasteiger partial charge in [-0.15, -0.1) is 11.8 Å². The summed E-state index contributed by atoms with van der Waals surface area (Å²) < 4.78 is 12.4. The summed E-state index contributed by atoms with van der Waals surface area (Å²) in [6, 6.07) is 3.68. The molecule has 0 aromatic heterocycles. The molecule has 0 amide bonds. The summed E-state index contributed by atoms with van der Waals surface area (Å²) in [4.78, 5) is 10.9. The average molecular weight is 271 g/mol. The number of aliphatic carboxylic acids is 1. The Bertz CT molecular complexity index is 449. The van der Waals surface area contributed by atoms with E-state index in [0.717, 1.165) is 11.1 Å². The zero-order chi connectivity index (χ0) is 13.9. The molecule has 5 heteroatoms. The molecule has 100 valence electrons. The predicted octanol–water partition coefficient (Wildman–Crippen LogP) is 2.56. The normalized spacial score (nSPS) is 13.4. The molecule has 0 heterocycles. The number of hydrogen-bond donors (Lipinski definition) is 2. The van der Waals surface area contributed by atoms with Gasteiger partial charge in [0.15, 0.2) is 0 Å². The van der Waals surface area contributed by atoms with Crippen LogP contribution in [0.4, 0.5) is 4.39 Å². The van der Waals surface area contributed by atoms with E-state index in [9.17, 15) is 9.18 Å². The SMILES string of the molecule is Cc1cc(F)ccc1CSC(C)(C)[C@@H](N)C(=O)O. The Morgan fingerprint density at radius 3 is 2.67 bits per heavy atom. The van der Waals surface area contributed by atoms with Crippen molar-refractivity contribution in [2.24, 2.45) is 5.73 Å². The van der Waals surface area contributed by atoms with E-state index in [0.29, 0.717) is 5.75 Å². The smallest absolute Gasteiger partial charge is 0.321 e. The van der Waals surface area contributed by atoms with Crippen LogP contribution in [0.5, 0.6) is 0 Å². The molecule has 0 radical (unpaired) electrons. The Morgan fingerprint density at radius 2 is 2.17 bits per heavy atom. The number of nitrogens with two attached hydrogens (primary N) is 1. The molecule has 3 N–H and O–H groups in total. The lowest BCUT2D eigenvalue weighted by atomic mass is 10.1. The number of thioether (sulfide) groups is 1. The highest BCUT2D eigenvalue weighted by Gasteiger charge is 2.32. The summed E-state index contributed by atoms with van der Waals surface area (Å²) in [6.45, 7) is 5.44. The van der Waals surface area contributed by atoms with Crippen LogP contribution in [0.25, 0.3) is 0 Å². The van der Waals surface area contributed by atoms with Crippen LogP contribution in [0.15, 0.2) is 18.2 Å². The largest absolute Gasteiger partial charge is 0.480 e. The first-order valence-corrected chi connectivity index (χ1v) is 6.60. The summed E-state index contributed by atoms with van der Waals surface area (Å²) >= 11 is 1.46. The van der Waals surface area contributed by atoms with Crippen molar-refractivity contribution in [3.05, 3.63) is 35.1 Å². The number of carbonyl (C=O) groups is 1. The first-order chi connectivity index (χ1) is 8.24. The van der Waals surface area contributed by atoms with Gasteiger partial charge in [0.05, 0.1) is 0 Å². The zero-order valence-electron chi connectivity index (χ0n) is 10.7. The summed E-state index contributed by atoms with van der Waals surface area (Å²) in [5.41, 5.74) is 7.50. The van der Waals surface area contributed by atoms with Gasteiger partial charge in [-0.1, -0.05) is 6.07 Å². The number of aryl methyl sites for hydroxylation is 1. The highest BCUT2D eigenvalue weighted by Crippen LogP contribution is 2.31. The van der Waals surface area contributed by atoms with Gasteiger partial charge in [0.25, 0.3) is 0 Å². The highest BCUT2D eigenvalue weighted by atomic mass is 32.2. The van der Waals surface area contributed by atoms with Crippen molar-refractivity contribution in [1.82, 2.24) is 0 Å². The van der Waals surface area contributed by atoms with E-state index in [1.807, 2.05) is 6.92 Å². The third-order valence-corrected chi connectivity index (χ3v) is 4.37. The van der Waals surface area contributed by atoms with Crippen LogP contribution in [0, 0.1) is 12.7 Å². The van der Waals surface area contributed by atoms with E-state index >= 15 is 0 Å². The molecule has 1 aromatic rings. The zero-order valence-corrected chi connectivity index (χ0v) is 11.6. The molecule has 0 aliphatic rings. The fraction of sp³-hybridized carbons (Fsp3) is 0.462. The maximum atomic E-state index is 13.0. The number of rotatable bonds is 5. The molecule has 0 saturated heterocycles. The maximum absolute atomic E-state index is 13.0. The van der Waals surface area contributed by atoms with Gasteiger partial charge in [0.2, 0.25) is 0 Å². The van der Waals surface area contributed by atoms with Crippen molar-refractivity contribution in [3.8, 4) is 0 Å². The minimum atomic E-state index is -1.01. The Balaban J connectivity index is 2.72. The van der Waals surface area contributed by atoms with E-state index in [-0.39, 0.29) is 5.82 Å². The lowest BCUT2D eigenvalue weighted by molar-refractivity contribution is -0.139. The van der Waals surface area contributed by atoms with Gasteiger partial charge >= 0.3 is 5.97 Å². The number of halogens is 1. The van der Waals surface area contributed by atoms with E-state index < -0.39 is 16.8 Å². The first-order valence-electron chi connectivity index (χ1n) is 5.61. The summed E-state index contributed by atoms with van der Waals surface area (Å²) in [7, 11) is 0. The summed E-state index contributed by atoms with van der Waals surface area (Å²) in [6.07, 6.45) is 0. The molecule has 0 aliphatic carbocycles. The topological polar surface area (TPSA) is 63.3 Å². The second-order valence-electron chi connectivity index (χ2n) is 4.78. The molecular formula is C13H18FNO2S. The molecule has 1 aromatic carbocycles. The van der Waals surface area contributed by atoms with Crippen molar-refractivity contribution in [1.29, 1.82) is 0 Å². The van der Waals surface area contributed by atoms with Crippen LogP contribution in [0.2, 0.25) is 0 Å². The molecule has 0 spiro atoms. The van der Waals surface area contributed by atoms with Gasteiger partial charge in [-0.2, -0.15) is 0 Å². The summed E-state index contributed by atoms with van der Waals surface area (Å²) in [5.74, 6) is -0.661. The van der Waals surface area contributed by atoms with E-state index in [1.165, 1.54) is 23.9 Å². The molecule has 1 atom stereocenters. The van der Waals surface area contributed by atoms with E-state index in [4.69, 9.17) is 10.8 Å². The fourth-order valence-corrected chi connectivity index (χ4v) is 2.60. The minimum absolute atomic E-state index is 0.261. The van der Waals surface area contributed by atoms with Crippen molar-refractivity contribution >= 4 is 17.7 Å². The van der Waals surface area contributed by atoms with Crippen molar-refractivity contribution < 1.29 is 14.3 Å². The molecular weight excluding hydrogens is 253 g/mol. The van der Waals surface area contributed by atoms with Gasteiger partial charge < -0.3 is 10.8 Å². The molecule has 0 aliphatic heterocycles. The van der Waals surface area contributed by atoms with Crippen LogP contribution in [0.1, 0.15) is 25.0 Å². The molecule has 3 nitrogen and oxygen atoms in total. The van der Waals surface area contributed by atoms with Gasteiger partial charge in [0, 0.05) is 10.5 Å². The van der Waals surface area contributed by atoms with Crippen molar-refractivity contribution in [2.45, 2.75) is 37.3 Å². The number of benzene rings is 1. The Labute approximate surface area is 111 Å². The van der Waals surface area contributed by atoms with Crippen LogP contribution in [0.3, 0.4) is 0 Å². The predicted molar refractivity (Wildman–Crippen MR) is 72.1 cm³/mol. The third kappa shape index (κ3) is 3.71. The molecule has 0 fully saturated rings. The molecule has 1 rings (SSSR count). The number of carboxylic acids is 1. The quantitative estimate of drug-likeness (QED) is 0.864. The van der Waals surface area contributed by atoms with Crippen LogP contribution >= 0.6 is 11.8 Å². The molecule has 18 heavy (non-hydrogen) atoms. The average Bonchev–Trinajstić information content (AvgIpc) is 2.26. The van der Waals surface area contributed by atoms with Gasteiger partial charge in [-0.3, -0.25) is 4.79 Å². The highest BCUT2D eigenvalue weighted by molar-refractivity contribution is 7.99. The Morgan fingerprint density at radius 1 is 1.56 bits per heavy atom. The number of carboxylic acid groups (broad SMARTS) is 1. The minimum Gasteiger partial charge on any atom is -0.480 e. The van der Waals surface area contributed by atoms with Gasteiger partial charge in [-0.25, -0.2) is 4.39 Å². The lowest BCUT2D eigenvalue weighted by Crippen LogP contribution is -2.46. The Hall–Kier alpha value is -1.07. The van der Waals surface area contributed by atoms with Crippen molar-refractivity contribution in [2.75, 3.05) is 0 Å². The van der Waals surface area contributed by atoms with E-state index in [2.05, 4.69) is 0 Å². The number of hydrogen-bond acceptors (Lipinski definition) is 3. The first kappa shape index (κ1) is 15.0. The second-order valence-corrected chi connectivity index (χ2v) is 6.41. The molecule has 0 unspecified atom stereocenters. The fourth-order valence-electron chi connectivity index (χ4n) is 1.47. The van der Waals surface area contributed by atoms with Gasteiger partial charge in [-0.05, 0) is 44.0 Å². The van der Waals surface area contributed by atoms with Crippen LogP contribution in [-0.2, 0) is 10.5 Å². The lowest BCUT2D eigenvalue weighted by Gasteiger charge is -2.28. The van der Waals surface area contributed by atoms with Crippen molar-refractivity contribution in [3.63, 3.8) is 0 Å². The van der Waals surface area contributed by atoms with Crippen LogP contribution < -0.4 is 5.73 Å². The summed E-state index contributed by atoms with van der Waals surface area (Å²) in [5, 5.41) is 8.92. The van der Waals surface area contributed by atoms with Crippen LogP contribution in [-0.4, -0.2) is 21.9 Å². The van der Waals surface area contributed by atoms with E-state index in [1.54, 1.807) is 19.9 Å². The maximum Gasteiger partial charge on any atom is 0.321 e. The third-order valence-electron chi connectivity index (χ3n) is 2.92. The Kier molecular flexibility index (Phi) is 4.76. The van der Waals surface area contributed by atoms with Gasteiger partial charge in [0.1, 0.15) is 11.9 Å². The monoisotopic (exact) mass is 271 g/mol. The molecule has 0 saturated carbocycles.